The molecule has 1 unspecified atom stereocenters. The van der Waals surface area contributed by atoms with Gasteiger partial charge in [-0.3, -0.25) is 0 Å². The first-order valence-corrected chi connectivity index (χ1v) is 4.25. The van der Waals surface area contributed by atoms with Crippen LogP contribution in [-0.2, 0) is 4.74 Å². The first-order chi connectivity index (χ1) is 4.84. The van der Waals surface area contributed by atoms with E-state index >= 15 is 0 Å². The van der Waals surface area contributed by atoms with Gasteiger partial charge in [-0.2, -0.15) is 0 Å². The molecule has 10 heavy (non-hydrogen) atoms. The molecule has 1 aliphatic rings. The Bertz CT molecular complexity index is 86.7. The topological polar surface area (TPSA) is 9.23 Å². The van der Waals surface area contributed by atoms with Crippen molar-refractivity contribution < 1.29 is 4.74 Å². The first kappa shape index (κ1) is 8.06. The Morgan fingerprint density at radius 2 is 2.30 bits per heavy atom. The molecular formula is C9H17O. The van der Waals surface area contributed by atoms with Crippen LogP contribution in [0.15, 0.2) is 0 Å². The van der Waals surface area contributed by atoms with Gasteiger partial charge in [0.15, 0.2) is 0 Å². The Hall–Kier alpha value is -0.0400. The highest BCUT2D eigenvalue weighted by atomic mass is 16.5. The van der Waals surface area contributed by atoms with Crippen LogP contribution < -0.4 is 0 Å². The van der Waals surface area contributed by atoms with Crippen LogP contribution in [0.5, 0.6) is 0 Å². The minimum atomic E-state index is 0.506. The average Bonchev–Trinajstić information content (AvgIpc) is 2.69. The molecule has 1 fully saturated rings. The molecule has 0 aromatic rings. The highest BCUT2D eigenvalue weighted by Gasteiger charge is 2.28. The van der Waals surface area contributed by atoms with Crippen LogP contribution in [0.3, 0.4) is 0 Å². The van der Waals surface area contributed by atoms with E-state index in [4.69, 9.17) is 4.74 Å². The Kier molecular flexibility index (Phi) is 3.20. The average molecular weight is 141 g/mol. The minimum Gasteiger partial charge on any atom is -0.378 e. The Balaban J connectivity index is 1.90. The summed E-state index contributed by atoms with van der Waals surface area (Å²) in [4.78, 5) is 0. The van der Waals surface area contributed by atoms with Crippen LogP contribution in [0.25, 0.3) is 0 Å². The maximum Gasteiger partial charge on any atom is 0.0575 e. The molecule has 1 radical (unpaired) electrons. The van der Waals surface area contributed by atoms with Gasteiger partial charge in [0.1, 0.15) is 0 Å². The van der Waals surface area contributed by atoms with E-state index in [2.05, 4.69) is 13.8 Å². The fraction of sp³-hybridized carbons (Fsp3) is 0.889. The largest absolute Gasteiger partial charge is 0.378 e. The number of unbranched alkanes of at least 4 members (excludes halogenated alkanes) is 1. The molecule has 1 nitrogen and oxygen atoms in total. The fourth-order valence-corrected chi connectivity index (χ4v) is 1.07. The lowest BCUT2D eigenvalue weighted by Crippen LogP contribution is -2.10. The third-order valence-electron chi connectivity index (χ3n) is 2.06. The van der Waals surface area contributed by atoms with Gasteiger partial charge in [-0.05, 0) is 32.1 Å². The summed E-state index contributed by atoms with van der Waals surface area (Å²) >= 11 is 0. The normalized spacial score (nSPS) is 21.0. The zero-order valence-electron chi connectivity index (χ0n) is 6.81. The maximum absolute atomic E-state index is 5.57. The minimum absolute atomic E-state index is 0.506. The molecule has 0 N–H and O–H groups in total. The maximum atomic E-state index is 5.57. The quantitative estimate of drug-likeness (QED) is 0.534. The predicted molar refractivity (Wildman–Crippen MR) is 42.7 cm³/mol. The van der Waals surface area contributed by atoms with Crippen molar-refractivity contribution in [1.29, 1.82) is 0 Å². The highest BCUT2D eigenvalue weighted by molar-refractivity contribution is 4.78. The SMILES string of the molecule is [CH2]CCCOC(C)C1CC1. The molecule has 0 bridgehead atoms. The van der Waals surface area contributed by atoms with Gasteiger partial charge in [0.2, 0.25) is 0 Å². The lowest BCUT2D eigenvalue weighted by Gasteiger charge is -2.10. The van der Waals surface area contributed by atoms with Crippen LogP contribution in [0.4, 0.5) is 0 Å². The van der Waals surface area contributed by atoms with E-state index in [9.17, 15) is 0 Å². The van der Waals surface area contributed by atoms with Crippen molar-refractivity contribution in [2.75, 3.05) is 6.61 Å². The molecular weight excluding hydrogens is 124 g/mol. The van der Waals surface area contributed by atoms with E-state index in [1.165, 1.54) is 12.8 Å². The molecule has 1 aliphatic carbocycles. The summed E-state index contributed by atoms with van der Waals surface area (Å²) < 4.78 is 5.57. The van der Waals surface area contributed by atoms with E-state index in [1.54, 1.807) is 0 Å². The Morgan fingerprint density at radius 3 is 2.80 bits per heavy atom. The number of ether oxygens (including phenoxy) is 1. The van der Waals surface area contributed by atoms with Crippen LogP contribution in [0.1, 0.15) is 32.6 Å². The molecule has 0 aliphatic heterocycles. The van der Waals surface area contributed by atoms with Gasteiger partial charge < -0.3 is 4.74 Å². The van der Waals surface area contributed by atoms with Crippen molar-refractivity contribution in [3.8, 4) is 0 Å². The van der Waals surface area contributed by atoms with Crippen LogP contribution in [0.2, 0.25) is 0 Å². The molecule has 1 rings (SSSR count). The lowest BCUT2D eigenvalue weighted by atomic mass is 10.2. The Labute approximate surface area is 63.8 Å². The fourth-order valence-electron chi connectivity index (χ4n) is 1.07. The van der Waals surface area contributed by atoms with Crippen molar-refractivity contribution in [1.82, 2.24) is 0 Å². The summed E-state index contributed by atoms with van der Waals surface area (Å²) in [5.74, 6) is 0.879. The molecule has 1 saturated carbocycles. The molecule has 0 aromatic heterocycles. The van der Waals surface area contributed by atoms with Crippen molar-refractivity contribution in [3.05, 3.63) is 6.92 Å². The van der Waals surface area contributed by atoms with Crippen molar-refractivity contribution in [3.63, 3.8) is 0 Å². The monoisotopic (exact) mass is 141 g/mol. The Morgan fingerprint density at radius 1 is 1.60 bits per heavy atom. The van der Waals surface area contributed by atoms with Crippen molar-refractivity contribution in [2.45, 2.75) is 38.7 Å². The summed E-state index contributed by atoms with van der Waals surface area (Å²) in [5, 5.41) is 0. The second-order valence-corrected chi connectivity index (χ2v) is 3.12. The molecule has 0 heterocycles. The van der Waals surface area contributed by atoms with Gasteiger partial charge in [-0.1, -0.05) is 13.3 Å². The molecule has 0 aromatic carbocycles. The van der Waals surface area contributed by atoms with Crippen LogP contribution in [0, 0.1) is 12.8 Å². The summed E-state index contributed by atoms with van der Waals surface area (Å²) in [6, 6.07) is 0. The van der Waals surface area contributed by atoms with Crippen molar-refractivity contribution in [2.24, 2.45) is 5.92 Å². The van der Waals surface area contributed by atoms with E-state index in [-0.39, 0.29) is 0 Å². The standard InChI is InChI=1S/C9H17O/c1-3-4-7-10-8(2)9-5-6-9/h8-9H,1,3-7H2,2H3. The third-order valence-corrected chi connectivity index (χ3v) is 2.06. The van der Waals surface area contributed by atoms with Crippen molar-refractivity contribution >= 4 is 0 Å². The molecule has 0 amide bonds. The zero-order valence-corrected chi connectivity index (χ0v) is 6.81. The van der Waals surface area contributed by atoms with Crippen LogP contribution in [-0.4, -0.2) is 12.7 Å². The van der Waals surface area contributed by atoms with Gasteiger partial charge in [-0.15, -0.1) is 0 Å². The smallest absolute Gasteiger partial charge is 0.0575 e. The van der Waals surface area contributed by atoms with Crippen LogP contribution >= 0.6 is 0 Å². The number of rotatable bonds is 5. The van der Waals surface area contributed by atoms with Gasteiger partial charge in [0.25, 0.3) is 0 Å². The van der Waals surface area contributed by atoms with E-state index in [1.807, 2.05) is 0 Å². The molecule has 59 valence electrons. The molecule has 1 heteroatoms. The third kappa shape index (κ3) is 2.70. The molecule has 1 atom stereocenters. The van der Waals surface area contributed by atoms with E-state index in [0.29, 0.717) is 6.10 Å². The second-order valence-electron chi connectivity index (χ2n) is 3.12. The first-order valence-electron chi connectivity index (χ1n) is 4.25. The summed E-state index contributed by atoms with van der Waals surface area (Å²) in [6.07, 6.45) is 5.37. The molecule has 0 spiro atoms. The number of hydrogen-bond acceptors (Lipinski definition) is 1. The summed E-state index contributed by atoms with van der Waals surface area (Å²) in [5.41, 5.74) is 0. The van der Waals surface area contributed by atoms with Gasteiger partial charge in [-0.25, -0.2) is 0 Å². The van der Waals surface area contributed by atoms with Gasteiger partial charge in [0.05, 0.1) is 6.10 Å². The van der Waals surface area contributed by atoms with Gasteiger partial charge in [0, 0.05) is 6.61 Å². The predicted octanol–water partition coefficient (Wildman–Crippen LogP) is 2.42. The zero-order chi connectivity index (χ0) is 7.40. The second kappa shape index (κ2) is 3.97. The lowest BCUT2D eigenvalue weighted by molar-refractivity contribution is 0.0501. The van der Waals surface area contributed by atoms with Gasteiger partial charge >= 0.3 is 0 Å². The summed E-state index contributed by atoms with van der Waals surface area (Å²) in [6.45, 7) is 6.85. The number of hydrogen-bond donors (Lipinski definition) is 0. The van der Waals surface area contributed by atoms with E-state index in [0.717, 1.165) is 25.4 Å². The highest BCUT2D eigenvalue weighted by Crippen LogP contribution is 2.33. The molecule has 0 saturated heterocycles. The van der Waals surface area contributed by atoms with E-state index < -0.39 is 0 Å². The summed E-state index contributed by atoms with van der Waals surface area (Å²) in [7, 11) is 0.